The lowest BCUT2D eigenvalue weighted by molar-refractivity contribution is -0.122. The molecule has 0 atom stereocenters. The maximum atomic E-state index is 13.3. The van der Waals surface area contributed by atoms with E-state index in [4.69, 9.17) is 9.47 Å². The highest BCUT2D eigenvalue weighted by Crippen LogP contribution is 2.19. The Hall–Kier alpha value is -1.92. The smallest absolute Gasteiger partial charge is 0.258 e. The summed E-state index contributed by atoms with van der Waals surface area (Å²) < 4.78 is 23.6. The van der Waals surface area contributed by atoms with Gasteiger partial charge in [-0.1, -0.05) is 6.08 Å². The number of methoxy groups -OCH3 is 1. The highest BCUT2D eigenvalue weighted by molar-refractivity contribution is 5.77. The summed E-state index contributed by atoms with van der Waals surface area (Å²) >= 11 is 0. The molecule has 1 aromatic rings. The summed E-state index contributed by atoms with van der Waals surface area (Å²) in [5.41, 5.74) is 0.655. The van der Waals surface area contributed by atoms with Gasteiger partial charge in [-0.05, 0) is 18.2 Å². The van der Waals surface area contributed by atoms with Gasteiger partial charge in [-0.25, -0.2) is 4.39 Å². The van der Waals surface area contributed by atoms with Crippen LogP contribution in [-0.2, 0) is 16.1 Å². The highest BCUT2D eigenvalue weighted by Gasteiger charge is 2.08. The quantitative estimate of drug-likeness (QED) is 0.504. The predicted molar refractivity (Wildman–Crippen MR) is 78.7 cm³/mol. The Kier molecular flexibility index (Phi) is 8.08. The van der Waals surface area contributed by atoms with Crippen LogP contribution in [0.15, 0.2) is 30.9 Å². The molecule has 0 aliphatic rings. The number of rotatable bonds is 10. The molecule has 1 aromatic carbocycles. The number of nitrogens with one attached hydrogen (secondary N) is 2. The monoisotopic (exact) mass is 296 g/mol. The molecule has 6 heteroatoms. The number of hydrogen-bond donors (Lipinski definition) is 2. The van der Waals surface area contributed by atoms with E-state index in [1.807, 2.05) is 0 Å². The van der Waals surface area contributed by atoms with Crippen molar-refractivity contribution in [3.05, 3.63) is 42.2 Å². The minimum Gasteiger partial charge on any atom is -0.483 e. The fourth-order valence-corrected chi connectivity index (χ4v) is 1.60. The van der Waals surface area contributed by atoms with E-state index in [2.05, 4.69) is 17.2 Å². The van der Waals surface area contributed by atoms with Crippen LogP contribution in [0.25, 0.3) is 0 Å². The summed E-state index contributed by atoms with van der Waals surface area (Å²) in [6, 6.07) is 4.20. The van der Waals surface area contributed by atoms with E-state index in [0.717, 1.165) is 0 Å². The Balaban J connectivity index is 2.55. The first-order chi connectivity index (χ1) is 10.2. The van der Waals surface area contributed by atoms with Crippen LogP contribution in [0, 0.1) is 5.82 Å². The van der Waals surface area contributed by atoms with E-state index in [1.54, 1.807) is 13.2 Å². The van der Waals surface area contributed by atoms with E-state index in [-0.39, 0.29) is 18.3 Å². The summed E-state index contributed by atoms with van der Waals surface area (Å²) in [6.07, 6.45) is 1.58. The van der Waals surface area contributed by atoms with Crippen molar-refractivity contribution in [3.8, 4) is 5.75 Å². The Morgan fingerprint density at radius 1 is 1.48 bits per heavy atom. The predicted octanol–water partition coefficient (Wildman–Crippen LogP) is 1.24. The molecule has 0 heterocycles. The number of benzene rings is 1. The average molecular weight is 296 g/mol. The number of ether oxygens (including phenoxy) is 2. The maximum Gasteiger partial charge on any atom is 0.258 e. The van der Waals surface area contributed by atoms with Gasteiger partial charge in [0.1, 0.15) is 11.6 Å². The lowest BCUT2D eigenvalue weighted by Crippen LogP contribution is -2.29. The third kappa shape index (κ3) is 6.87. The lowest BCUT2D eigenvalue weighted by Gasteiger charge is -2.12. The van der Waals surface area contributed by atoms with Crippen LogP contribution in [0.3, 0.4) is 0 Å². The summed E-state index contributed by atoms with van der Waals surface area (Å²) in [7, 11) is 1.61. The van der Waals surface area contributed by atoms with Gasteiger partial charge in [-0.15, -0.1) is 6.58 Å². The molecule has 2 N–H and O–H groups in total. The van der Waals surface area contributed by atoms with Gasteiger partial charge in [0.05, 0.1) is 6.61 Å². The summed E-state index contributed by atoms with van der Waals surface area (Å²) in [5, 5.41) is 5.71. The van der Waals surface area contributed by atoms with Crippen LogP contribution >= 0.6 is 0 Å². The Morgan fingerprint density at radius 3 is 3.00 bits per heavy atom. The second kappa shape index (κ2) is 9.90. The molecule has 0 bridgehead atoms. The third-order valence-corrected chi connectivity index (χ3v) is 2.62. The molecule has 0 unspecified atom stereocenters. The van der Waals surface area contributed by atoms with Crippen molar-refractivity contribution in [1.82, 2.24) is 10.6 Å². The first-order valence-electron chi connectivity index (χ1n) is 6.66. The summed E-state index contributed by atoms with van der Waals surface area (Å²) in [4.78, 5) is 11.5. The zero-order valence-electron chi connectivity index (χ0n) is 12.2. The second-order valence-electron chi connectivity index (χ2n) is 4.30. The van der Waals surface area contributed by atoms with Crippen LogP contribution in [-0.4, -0.2) is 39.3 Å². The molecule has 0 aromatic heterocycles. The molecule has 1 rings (SSSR count). The standard InChI is InChI=1S/C15H21FN2O3/c1-3-6-18-15(19)11-21-14-5-4-13(16)9-12(14)10-17-7-8-20-2/h3-5,9,17H,1,6-8,10-11H2,2H3,(H,18,19). The van der Waals surface area contributed by atoms with Crippen LogP contribution in [0.2, 0.25) is 0 Å². The van der Waals surface area contributed by atoms with Gasteiger partial charge < -0.3 is 20.1 Å². The first kappa shape index (κ1) is 17.1. The minimum atomic E-state index is -0.345. The van der Waals surface area contributed by atoms with E-state index in [9.17, 15) is 9.18 Å². The Labute approximate surface area is 124 Å². The second-order valence-corrected chi connectivity index (χ2v) is 4.30. The molecule has 0 saturated carbocycles. The largest absolute Gasteiger partial charge is 0.483 e. The molecule has 0 aliphatic heterocycles. The van der Waals surface area contributed by atoms with Gasteiger partial charge in [-0.2, -0.15) is 0 Å². The SMILES string of the molecule is C=CCNC(=O)COc1ccc(F)cc1CNCCOC. The van der Waals surface area contributed by atoms with Gasteiger partial charge in [-0.3, -0.25) is 4.79 Å². The fraction of sp³-hybridized carbons (Fsp3) is 0.400. The molecule has 21 heavy (non-hydrogen) atoms. The molecule has 5 nitrogen and oxygen atoms in total. The normalized spacial score (nSPS) is 10.2. The van der Waals surface area contributed by atoms with Crippen molar-refractivity contribution in [1.29, 1.82) is 0 Å². The van der Waals surface area contributed by atoms with Crippen molar-refractivity contribution in [2.75, 3.05) is 33.4 Å². The molecular formula is C15H21FN2O3. The molecule has 0 spiro atoms. The van der Waals surface area contributed by atoms with E-state index in [0.29, 0.717) is 37.6 Å². The van der Waals surface area contributed by atoms with Crippen molar-refractivity contribution in [3.63, 3.8) is 0 Å². The van der Waals surface area contributed by atoms with E-state index >= 15 is 0 Å². The molecular weight excluding hydrogens is 275 g/mol. The Morgan fingerprint density at radius 2 is 2.29 bits per heavy atom. The van der Waals surface area contributed by atoms with E-state index in [1.165, 1.54) is 18.2 Å². The minimum absolute atomic E-state index is 0.120. The van der Waals surface area contributed by atoms with Crippen LogP contribution < -0.4 is 15.4 Å². The maximum absolute atomic E-state index is 13.3. The summed E-state index contributed by atoms with van der Waals surface area (Å²) in [5.74, 6) is -0.116. The fourth-order valence-electron chi connectivity index (χ4n) is 1.60. The topological polar surface area (TPSA) is 59.6 Å². The average Bonchev–Trinajstić information content (AvgIpc) is 2.48. The molecule has 0 radical (unpaired) electrons. The molecule has 0 fully saturated rings. The summed E-state index contributed by atoms with van der Waals surface area (Å²) in [6.45, 7) is 5.42. The van der Waals surface area contributed by atoms with Gasteiger partial charge in [0.2, 0.25) is 0 Å². The van der Waals surface area contributed by atoms with Crippen LogP contribution in [0.1, 0.15) is 5.56 Å². The van der Waals surface area contributed by atoms with Crippen LogP contribution in [0.4, 0.5) is 4.39 Å². The van der Waals surface area contributed by atoms with Crippen molar-refractivity contribution < 1.29 is 18.7 Å². The van der Waals surface area contributed by atoms with Gasteiger partial charge in [0.15, 0.2) is 6.61 Å². The van der Waals surface area contributed by atoms with Gasteiger partial charge in [0, 0.05) is 32.3 Å². The van der Waals surface area contributed by atoms with Crippen molar-refractivity contribution >= 4 is 5.91 Å². The van der Waals surface area contributed by atoms with E-state index < -0.39 is 0 Å². The third-order valence-electron chi connectivity index (χ3n) is 2.62. The van der Waals surface area contributed by atoms with Gasteiger partial charge >= 0.3 is 0 Å². The number of halogens is 1. The van der Waals surface area contributed by atoms with Gasteiger partial charge in [0.25, 0.3) is 5.91 Å². The van der Waals surface area contributed by atoms with Crippen molar-refractivity contribution in [2.45, 2.75) is 6.54 Å². The first-order valence-corrected chi connectivity index (χ1v) is 6.66. The number of carbonyl (C=O) groups is 1. The van der Waals surface area contributed by atoms with Crippen LogP contribution in [0.5, 0.6) is 5.75 Å². The lowest BCUT2D eigenvalue weighted by atomic mass is 10.2. The molecule has 0 aliphatic carbocycles. The zero-order chi connectivity index (χ0) is 15.5. The zero-order valence-corrected chi connectivity index (χ0v) is 12.2. The van der Waals surface area contributed by atoms with Crippen molar-refractivity contribution in [2.24, 2.45) is 0 Å². The highest BCUT2D eigenvalue weighted by atomic mass is 19.1. The molecule has 0 saturated heterocycles. The number of carbonyl (C=O) groups excluding carboxylic acids is 1. The molecule has 1 amide bonds. The number of amides is 1. The number of hydrogen-bond acceptors (Lipinski definition) is 4. The Bertz CT molecular complexity index is 466. The molecule has 116 valence electrons.